The lowest BCUT2D eigenvalue weighted by atomic mass is 10.0. The highest BCUT2D eigenvalue weighted by Crippen LogP contribution is 2.25. The van der Waals surface area contributed by atoms with E-state index < -0.39 is 0 Å². The maximum absolute atomic E-state index is 11.0. The molecule has 2 N–H and O–H groups in total. The van der Waals surface area contributed by atoms with E-state index >= 15 is 0 Å². The summed E-state index contributed by atoms with van der Waals surface area (Å²) in [5.41, 5.74) is 1.59. The molecule has 1 unspecified atom stereocenters. The number of nitrogens with one attached hydrogen (secondary N) is 2. The number of nitrogens with zero attached hydrogens (tertiary/aromatic N) is 2. The van der Waals surface area contributed by atoms with Crippen LogP contribution in [0.3, 0.4) is 0 Å². The molecule has 112 valence electrons. The molecule has 1 aromatic rings. The van der Waals surface area contributed by atoms with Gasteiger partial charge in [-0.2, -0.15) is 0 Å². The SMILES string of the molecule is CNc1cc(NC(CN(C)C)C(C)C)cc([N+](=O)[O-])c1. The normalized spacial score (nSPS) is 12.6. The number of non-ortho nitro benzene ring substituents is 1. The highest BCUT2D eigenvalue weighted by Gasteiger charge is 2.16. The Bertz CT molecular complexity index is 460. The maximum atomic E-state index is 11.0. The van der Waals surface area contributed by atoms with Crippen LogP contribution < -0.4 is 10.6 Å². The number of benzene rings is 1. The van der Waals surface area contributed by atoms with Gasteiger partial charge in [0.1, 0.15) is 0 Å². The molecular weight excluding hydrogens is 256 g/mol. The van der Waals surface area contributed by atoms with Crippen molar-refractivity contribution in [3.05, 3.63) is 28.3 Å². The highest BCUT2D eigenvalue weighted by molar-refractivity contribution is 5.63. The van der Waals surface area contributed by atoms with Gasteiger partial charge in [0.05, 0.1) is 4.92 Å². The molecule has 0 saturated heterocycles. The van der Waals surface area contributed by atoms with Gasteiger partial charge in [0.15, 0.2) is 0 Å². The van der Waals surface area contributed by atoms with E-state index in [9.17, 15) is 10.1 Å². The summed E-state index contributed by atoms with van der Waals surface area (Å²) in [6, 6.07) is 5.22. The Morgan fingerprint density at radius 2 is 1.85 bits per heavy atom. The first kappa shape index (κ1) is 16.2. The van der Waals surface area contributed by atoms with Gasteiger partial charge in [-0.15, -0.1) is 0 Å². The summed E-state index contributed by atoms with van der Waals surface area (Å²) in [5.74, 6) is 0.426. The Kier molecular flexibility index (Phi) is 5.76. The van der Waals surface area contributed by atoms with E-state index in [1.54, 1.807) is 13.1 Å². The van der Waals surface area contributed by atoms with Crippen molar-refractivity contribution in [1.82, 2.24) is 4.90 Å². The van der Waals surface area contributed by atoms with Crippen LogP contribution in [0.25, 0.3) is 0 Å². The molecule has 0 amide bonds. The molecule has 1 aromatic carbocycles. The Balaban J connectivity index is 2.99. The van der Waals surface area contributed by atoms with Crippen LogP contribution in [0.15, 0.2) is 18.2 Å². The number of likely N-dealkylation sites (N-methyl/N-ethyl adjacent to an activating group) is 1. The number of hydrogen-bond acceptors (Lipinski definition) is 5. The molecule has 0 aromatic heterocycles. The number of nitro benzene ring substituents is 1. The molecule has 0 saturated carbocycles. The standard InChI is InChI=1S/C14H24N4O2/c1-10(2)14(9-17(4)5)16-12-6-11(15-3)7-13(8-12)18(19)20/h6-8,10,14-16H,9H2,1-5H3. The second kappa shape index (κ2) is 7.09. The summed E-state index contributed by atoms with van der Waals surface area (Å²) in [6.45, 7) is 5.14. The summed E-state index contributed by atoms with van der Waals surface area (Å²) in [7, 11) is 5.79. The number of anilines is 2. The molecule has 1 atom stereocenters. The van der Waals surface area contributed by atoms with Crippen LogP contribution in [-0.2, 0) is 0 Å². The molecule has 6 heteroatoms. The molecule has 0 fully saturated rings. The molecule has 0 heterocycles. The molecule has 6 nitrogen and oxygen atoms in total. The third kappa shape index (κ3) is 4.70. The molecule has 20 heavy (non-hydrogen) atoms. The van der Waals surface area contributed by atoms with Gasteiger partial charge in [0.2, 0.25) is 0 Å². The molecule has 0 radical (unpaired) electrons. The van der Waals surface area contributed by atoms with E-state index in [1.807, 2.05) is 20.2 Å². The van der Waals surface area contributed by atoms with Gasteiger partial charge < -0.3 is 15.5 Å². The molecule has 1 rings (SSSR count). The average molecular weight is 280 g/mol. The fourth-order valence-electron chi connectivity index (χ4n) is 1.97. The first-order chi connectivity index (χ1) is 9.33. The molecule has 0 spiro atoms. The molecule has 0 aliphatic heterocycles. The summed E-state index contributed by atoms with van der Waals surface area (Å²) < 4.78 is 0. The highest BCUT2D eigenvalue weighted by atomic mass is 16.6. The van der Waals surface area contributed by atoms with Crippen molar-refractivity contribution >= 4 is 17.1 Å². The minimum atomic E-state index is -0.373. The lowest BCUT2D eigenvalue weighted by Gasteiger charge is -2.26. The van der Waals surface area contributed by atoms with Crippen LogP contribution in [-0.4, -0.2) is 43.6 Å². The zero-order valence-electron chi connectivity index (χ0n) is 12.8. The van der Waals surface area contributed by atoms with Crippen LogP contribution in [0.2, 0.25) is 0 Å². The molecule has 0 aliphatic rings. The van der Waals surface area contributed by atoms with Crippen LogP contribution in [0.5, 0.6) is 0 Å². The van der Waals surface area contributed by atoms with Gasteiger partial charge in [-0.05, 0) is 26.1 Å². The summed E-state index contributed by atoms with van der Waals surface area (Å²) in [6.07, 6.45) is 0. The third-order valence-corrected chi connectivity index (χ3v) is 3.14. The number of nitro groups is 1. The average Bonchev–Trinajstić information content (AvgIpc) is 2.36. The molecule has 0 aliphatic carbocycles. The largest absolute Gasteiger partial charge is 0.388 e. The van der Waals surface area contributed by atoms with Crippen LogP contribution >= 0.6 is 0 Å². The van der Waals surface area contributed by atoms with Gasteiger partial charge in [-0.1, -0.05) is 13.8 Å². The molecule has 0 bridgehead atoms. The zero-order valence-corrected chi connectivity index (χ0v) is 12.8. The zero-order chi connectivity index (χ0) is 15.3. The fraction of sp³-hybridized carbons (Fsp3) is 0.571. The first-order valence-corrected chi connectivity index (χ1v) is 6.72. The first-order valence-electron chi connectivity index (χ1n) is 6.72. The van der Waals surface area contributed by atoms with Crippen molar-refractivity contribution in [2.24, 2.45) is 5.92 Å². The van der Waals surface area contributed by atoms with Crippen molar-refractivity contribution in [2.75, 3.05) is 38.3 Å². The van der Waals surface area contributed by atoms with Crippen LogP contribution in [0.4, 0.5) is 17.1 Å². The lowest BCUT2D eigenvalue weighted by molar-refractivity contribution is -0.384. The quantitative estimate of drug-likeness (QED) is 0.593. The van der Waals surface area contributed by atoms with E-state index in [0.717, 1.165) is 17.9 Å². The minimum absolute atomic E-state index is 0.0895. The van der Waals surface area contributed by atoms with Crippen molar-refractivity contribution in [3.63, 3.8) is 0 Å². The van der Waals surface area contributed by atoms with Crippen LogP contribution in [0.1, 0.15) is 13.8 Å². The van der Waals surface area contributed by atoms with Gasteiger partial charge in [-0.3, -0.25) is 10.1 Å². The molecular formula is C14H24N4O2. The van der Waals surface area contributed by atoms with Gasteiger partial charge in [0.25, 0.3) is 5.69 Å². The maximum Gasteiger partial charge on any atom is 0.273 e. The van der Waals surface area contributed by atoms with Gasteiger partial charge in [-0.25, -0.2) is 0 Å². The predicted octanol–water partition coefficient (Wildman–Crippen LogP) is 2.63. The third-order valence-electron chi connectivity index (χ3n) is 3.14. The van der Waals surface area contributed by atoms with E-state index in [-0.39, 0.29) is 16.7 Å². The second-order valence-corrected chi connectivity index (χ2v) is 5.53. The number of hydrogen-bond donors (Lipinski definition) is 2. The van der Waals surface area contributed by atoms with Crippen molar-refractivity contribution in [3.8, 4) is 0 Å². The number of rotatable bonds is 7. The van der Waals surface area contributed by atoms with Crippen molar-refractivity contribution in [2.45, 2.75) is 19.9 Å². The van der Waals surface area contributed by atoms with Crippen molar-refractivity contribution < 1.29 is 4.92 Å². The monoisotopic (exact) mass is 280 g/mol. The van der Waals surface area contributed by atoms with Gasteiger partial charge >= 0.3 is 0 Å². The van der Waals surface area contributed by atoms with E-state index in [0.29, 0.717) is 5.92 Å². The van der Waals surface area contributed by atoms with Gasteiger partial charge in [0, 0.05) is 43.1 Å². The minimum Gasteiger partial charge on any atom is -0.388 e. The Morgan fingerprint density at radius 1 is 1.25 bits per heavy atom. The van der Waals surface area contributed by atoms with E-state index in [2.05, 4.69) is 29.4 Å². The summed E-state index contributed by atoms with van der Waals surface area (Å²) in [5, 5.41) is 17.3. The van der Waals surface area contributed by atoms with Crippen LogP contribution in [0, 0.1) is 16.0 Å². The smallest absolute Gasteiger partial charge is 0.273 e. The predicted molar refractivity (Wildman–Crippen MR) is 83.4 cm³/mol. The van der Waals surface area contributed by atoms with Crippen molar-refractivity contribution in [1.29, 1.82) is 0 Å². The van der Waals surface area contributed by atoms with E-state index in [1.165, 1.54) is 6.07 Å². The second-order valence-electron chi connectivity index (χ2n) is 5.53. The Labute approximate surface area is 120 Å². The summed E-state index contributed by atoms with van der Waals surface area (Å²) >= 11 is 0. The lowest BCUT2D eigenvalue weighted by Crippen LogP contribution is -2.36. The topological polar surface area (TPSA) is 70.4 Å². The van der Waals surface area contributed by atoms with E-state index in [4.69, 9.17) is 0 Å². The Hall–Kier alpha value is -1.82. The summed E-state index contributed by atoms with van der Waals surface area (Å²) in [4.78, 5) is 12.7. The fourth-order valence-corrected chi connectivity index (χ4v) is 1.97. The Morgan fingerprint density at radius 3 is 2.30 bits per heavy atom.